The Balaban J connectivity index is 2.15. The van der Waals surface area contributed by atoms with Gasteiger partial charge in [-0.1, -0.05) is 0 Å². The Labute approximate surface area is 64.8 Å². The van der Waals surface area contributed by atoms with Crippen molar-refractivity contribution in [3.8, 4) is 0 Å². The summed E-state index contributed by atoms with van der Waals surface area (Å²) in [6.45, 7) is 1.59. The van der Waals surface area contributed by atoms with E-state index in [9.17, 15) is 0 Å². The molecule has 0 atom stereocenters. The zero-order valence-electron chi connectivity index (χ0n) is 5.60. The van der Waals surface area contributed by atoms with Crippen molar-refractivity contribution >= 4 is 11.6 Å². The first-order chi connectivity index (χ1) is 4.93. The van der Waals surface area contributed by atoms with E-state index < -0.39 is 0 Å². The molecule has 0 aliphatic heterocycles. The molecule has 0 aromatic carbocycles. The van der Waals surface area contributed by atoms with Gasteiger partial charge in [0.1, 0.15) is 5.82 Å². The van der Waals surface area contributed by atoms with Crippen LogP contribution >= 0.6 is 11.6 Å². The molecule has 0 bridgehead atoms. The number of H-pyrrole nitrogens is 1. The molecule has 2 N–H and O–H groups in total. The van der Waals surface area contributed by atoms with E-state index in [1.54, 1.807) is 12.4 Å². The second kappa shape index (κ2) is 4.30. The third kappa shape index (κ3) is 2.37. The smallest absolute Gasteiger partial charge is 0.120 e. The molecule has 0 amide bonds. The first-order valence-corrected chi connectivity index (χ1v) is 3.72. The Bertz CT molecular complexity index is 162. The average molecular weight is 160 g/mol. The summed E-state index contributed by atoms with van der Waals surface area (Å²) >= 11 is 5.45. The molecule has 1 heterocycles. The summed E-state index contributed by atoms with van der Waals surface area (Å²) in [5.74, 6) is 1.59. The van der Waals surface area contributed by atoms with Gasteiger partial charge < -0.3 is 10.3 Å². The summed E-state index contributed by atoms with van der Waals surface area (Å²) in [4.78, 5) is 7.01. The van der Waals surface area contributed by atoms with Gasteiger partial charge >= 0.3 is 0 Å². The number of halogens is 1. The van der Waals surface area contributed by atoms with E-state index in [1.807, 2.05) is 0 Å². The topological polar surface area (TPSA) is 40.7 Å². The molecule has 3 nitrogen and oxygen atoms in total. The Morgan fingerprint density at radius 3 is 3.20 bits per heavy atom. The zero-order chi connectivity index (χ0) is 7.23. The van der Waals surface area contributed by atoms with Gasteiger partial charge in [0.2, 0.25) is 0 Å². The van der Waals surface area contributed by atoms with Gasteiger partial charge in [-0.25, -0.2) is 4.98 Å². The van der Waals surface area contributed by atoms with Gasteiger partial charge in [0.25, 0.3) is 0 Å². The van der Waals surface area contributed by atoms with Crippen molar-refractivity contribution in [3.05, 3.63) is 18.2 Å². The lowest BCUT2D eigenvalue weighted by molar-refractivity contribution is 0.701. The molecule has 0 spiro atoms. The maximum atomic E-state index is 5.45. The van der Waals surface area contributed by atoms with Gasteiger partial charge in [-0.05, 0) is 0 Å². The minimum atomic E-state index is 0.640. The number of hydrogen-bond acceptors (Lipinski definition) is 2. The lowest BCUT2D eigenvalue weighted by Crippen LogP contribution is -2.16. The highest BCUT2D eigenvalue weighted by Crippen LogP contribution is 1.85. The van der Waals surface area contributed by atoms with Crippen LogP contribution in [0.2, 0.25) is 0 Å². The third-order valence-electron chi connectivity index (χ3n) is 1.12. The van der Waals surface area contributed by atoms with Crippen molar-refractivity contribution < 1.29 is 0 Å². The SMILES string of the molecule is ClCCNCc1ncc[nH]1. The van der Waals surface area contributed by atoms with Gasteiger partial charge in [0, 0.05) is 24.8 Å². The minimum Gasteiger partial charge on any atom is -0.348 e. The molecule has 1 aromatic rings. The number of nitrogens with zero attached hydrogens (tertiary/aromatic N) is 1. The quantitative estimate of drug-likeness (QED) is 0.503. The Kier molecular flexibility index (Phi) is 3.26. The highest BCUT2D eigenvalue weighted by molar-refractivity contribution is 6.18. The van der Waals surface area contributed by atoms with Crippen LogP contribution in [0.5, 0.6) is 0 Å². The van der Waals surface area contributed by atoms with Crippen LogP contribution in [0.15, 0.2) is 12.4 Å². The first-order valence-electron chi connectivity index (χ1n) is 3.18. The number of hydrogen-bond donors (Lipinski definition) is 2. The predicted molar refractivity (Wildman–Crippen MR) is 41.0 cm³/mol. The summed E-state index contributed by atoms with van der Waals surface area (Å²) < 4.78 is 0. The van der Waals surface area contributed by atoms with E-state index in [1.165, 1.54) is 0 Å². The standard InChI is InChI=1S/C6H10ClN3/c7-1-2-8-5-6-9-3-4-10-6/h3-4,8H,1-2,5H2,(H,9,10). The fourth-order valence-electron chi connectivity index (χ4n) is 0.668. The van der Waals surface area contributed by atoms with Crippen molar-refractivity contribution in [2.45, 2.75) is 6.54 Å². The zero-order valence-corrected chi connectivity index (χ0v) is 6.36. The van der Waals surface area contributed by atoms with Crippen LogP contribution in [-0.2, 0) is 6.54 Å². The van der Waals surface area contributed by atoms with Crippen LogP contribution in [0.3, 0.4) is 0 Å². The number of aromatic amines is 1. The summed E-state index contributed by atoms with van der Waals surface area (Å²) in [5.41, 5.74) is 0. The predicted octanol–water partition coefficient (Wildman–Crippen LogP) is 0.738. The fraction of sp³-hybridized carbons (Fsp3) is 0.500. The fourth-order valence-corrected chi connectivity index (χ4v) is 0.802. The minimum absolute atomic E-state index is 0.640. The number of alkyl halides is 1. The third-order valence-corrected chi connectivity index (χ3v) is 1.31. The van der Waals surface area contributed by atoms with Gasteiger partial charge in [-0.2, -0.15) is 0 Å². The van der Waals surface area contributed by atoms with Crippen LogP contribution in [-0.4, -0.2) is 22.4 Å². The maximum Gasteiger partial charge on any atom is 0.120 e. The number of imidazole rings is 1. The molecule has 56 valence electrons. The molecule has 0 saturated heterocycles. The van der Waals surface area contributed by atoms with Crippen LogP contribution in [0, 0.1) is 0 Å². The molecule has 10 heavy (non-hydrogen) atoms. The Morgan fingerprint density at radius 2 is 2.60 bits per heavy atom. The highest BCUT2D eigenvalue weighted by atomic mass is 35.5. The molecule has 4 heteroatoms. The van der Waals surface area contributed by atoms with E-state index >= 15 is 0 Å². The summed E-state index contributed by atoms with van der Waals surface area (Å²) in [5, 5.41) is 3.11. The summed E-state index contributed by atoms with van der Waals surface area (Å²) in [7, 11) is 0. The summed E-state index contributed by atoms with van der Waals surface area (Å²) in [6, 6.07) is 0. The Hall–Kier alpha value is -0.540. The van der Waals surface area contributed by atoms with Crippen LogP contribution < -0.4 is 5.32 Å². The van der Waals surface area contributed by atoms with Crippen molar-refractivity contribution in [2.24, 2.45) is 0 Å². The summed E-state index contributed by atoms with van der Waals surface area (Å²) in [6.07, 6.45) is 3.54. The number of aromatic nitrogens is 2. The Morgan fingerprint density at radius 1 is 1.70 bits per heavy atom. The van der Waals surface area contributed by atoms with Crippen LogP contribution in [0.4, 0.5) is 0 Å². The lowest BCUT2D eigenvalue weighted by Gasteiger charge is -1.96. The average Bonchev–Trinajstić information content (AvgIpc) is 2.41. The van der Waals surface area contributed by atoms with Crippen LogP contribution in [0.1, 0.15) is 5.82 Å². The van der Waals surface area contributed by atoms with Gasteiger partial charge in [0.05, 0.1) is 6.54 Å². The monoisotopic (exact) mass is 159 g/mol. The van der Waals surface area contributed by atoms with Crippen molar-refractivity contribution in [3.63, 3.8) is 0 Å². The van der Waals surface area contributed by atoms with E-state index in [4.69, 9.17) is 11.6 Å². The molecular formula is C6H10ClN3. The second-order valence-electron chi connectivity index (χ2n) is 1.90. The van der Waals surface area contributed by atoms with E-state index in [-0.39, 0.29) is 0 Å². The van der Waals surface area contributed by atoms with Crippen molar-refractivity contribution in [1.29, 1.82) is 0 Å². The number of rotatable bonds is 4. The van der Waals surface area contributed by atoms with Gasteiger partial charge in [0.15, 0.2) is 0 Å². The molecule has 1 aromatic heterocycles. The largest absolute Gasteiger partial charge is 0.348 e. The molecule has 0 unspecified atom stereocenters. The van der Waals surface area contributed by atoms with Crippen molar-refractivity contribution in [2.75, 3.05) is 12.4 Å². The molecule has 0 radical (unpaired) electrons. The van der Waals surface area contributed by atoms with Crippen molar-refractivity contribution in [1.82, 2.24) is 15.3 Å². The van der Waals surface area contributed by atoms with E-state index in [2.05, 4.69) is 15.3 Å². The van der Waals surface area contributed by atoms with E-state index in [0.29, 0.717) is 5.88 Å². The maximum absolute atomic E-state index is 5.45. The first kappa shape index (κ1) is 7.57. The van der Waals surface area contributed by atoms with Gasteiger partial charge in [-0.15, -0.1) is 11.6 Å². The molecular weight excluding hydrogens is 150 g/mol. The lowest BCUT2D eigenvalue weighted by atomic mass is 10.6. The van der Waals surface area contributed by atoms with Gasteiger partial charge in [-0.3, -0.25) is 0 Å². The molecule has 0 aliphatic rings. The molecule has 0 saturated carbocycles. The molecule has 1 rings (SSSR count). The normalized spacial score (nSPS) is 10.1. The van der Waals surface area contributed by atoms with E-state index in [0.717, 1.165) is 18.9 Å². The number of nitrogens with one attached hydrogen (secondary N) is 2. The highest BCUT2D eigenvalue weighted by Gasteiger charge is 1.90. The molecule has 0 fully saturated rings. The molecule has 0 aliphatic carbocycles. The second-order valence-corrected chi connectivity index (χ2v) is 2.28. The van der Waals surface area contributed by atoms with Crippen LogP contribution in [0.25, 0.3) is 0 Å².